The first kappa shape index (κ1) is 8.01. The van der Waals surface area contributed by atoms with Gasteiger partial charge in [-0.05, 0) is 19.9 Å². The Bertz CT molecular complexity index is 129. The quantitative estimate of drug-likeness (QED) is 0.548. The Hall–Kier alpha value is -0.990. The van der Waals surface area contributed by atoms with Gasteiger partial charge < -0.3 is 10.4 Å². The molecule has 2 N–H and O–H groups in total. The number of aliphatic hydroxyl groups excluding tert-OH is 1. The van der Waals surface area contributed by atoms with Crippen molar-refractivity contribution in [3.05, 3.63) is 12.0 Å². The molecule has 0 unspecified atom stereocenters. The average molecular weight is 129 g/mol. The van der Waals surface area contributed by atoms with Crippen LogP contribution in [-0.4, -0.2) is 17.4 Å². The van der Waals surface area contributed by atoms with E-state index in [-0.39, 0.29) is 18.2 Å². The maximum Gasteiger partial charge on any atom is 0.180 e. The number of rotatable bonds is 3. The monoisotopic (exact) mass is 129 g/mol. The van der Waals surface area contributed by atoms with Crippen molar-refractivity contribution in [3.8, 4) is 0 Å². The number of allylic oxidation sites excluding steroid dienone is 1. The summed E-state index contributed by atoms with van der Waals surface area (Å²) in [5.74, 6) is 0.0496. The summed E-state index contributed by atoms with van der Waals surface area (Å²) in [5, 5.41) is 11.2. The zero-order valence-corrected chi connectivity index (χ0v) is 5.64. The molecule has 0 atom stereocenters. The van der Waals surface area contributed by atoms with E-state index >= 15 is 0 Å². The Morgan fingerprint density at radius 3 is 2.67 bits per heavy atom. The van der Waals surface area contributed by atoms with E-state index in [1.54, 1.807) is 6.92 Å². The van der Waals surface area contributed by atoms with Crippen LogP contribution in [0.1, 0.15) is 13.8 Å². The molecule has 0 radical (unpaired) electrons. The molecule has 0 aliphatic heterocycles. The lowest BCUT2D eigenvalue weighted by Gasteiger charge is -1.98. The first-order valence-electron chi connectivity index (χ1n) is 2.75. The van der Waals surface area contributed by atoms with Crippen LogP contribution < -0.4 is 5.32 Å². The van der Waals surface area contributed by atoms with Gasteiger partial charge in [0.1, 0.15) is 5.78 Å². The summed E-state index contributed by atoms with van der Waals surface area (Å²) in [5.41, 5.74) is 0. The molecule has 0 bridgehead atoms. The molecule has 9 heavy (non-hydrogen) atoms. The van der Waals surface area contributed by atoms with E-state index in [0.717, 1.165) is 0 Å². The van der Waals surface area contributed by atoms with Gasteiger partial charge in [-0.25, -0.2) is 0 Å². The molecule has 0 aliphatic carbocycles. The second-order valence-corrected chi connectivity index (χ2v) is 1.73. The number of carbonyl (C=O) groups excluding carboxylic acids is 1. The number of Topliss-reactive ketones (excluding diaryl/α,β-unsaturated/α-hetero) is 1. The molecule has 0 rings (SSSR count). The number of aliphatic hydroxyl groups is 1. The third-order valence-electron chi connectivity index (χ3n) is 0.792. The van der Waals surface area contributed by atoms with Gasteiger partial charge in [-0.15, -0.1) is 0 Å². The molecule has 52 valence electrons. The van der Waals surface area contributed by atoms with Gasteiger partial charge in [0.25, 0.3) is 0 Å². The molecule has 0 aromatic carbocycles. The second kappa shape index (κ2) is 3.95. The maximum atomic E-state index is 10.3. The average Bonchev–Trinajstić information content (AvgIpc) is 1.83. The van der Waals surface area contributed by atoms with Crippen molar-refractivity contribution in [2.75, 3.05) is 6.54 Å². The minimum absolute atomic E-state index is 0.00315. The fraction of sp³-hybridized carbons (Fsp3) is 0.500. The highest BCUT2D eigenvalue weighted by molar-refractivity contribution is 5.77. The fourth-order valence-corrected chi connectivity index (χ4v) is 0.317. The summed E-state index contributed by atoms with van der Waals surface area (Å²) in [7, 11) is 0. The predicted molar refractivity (Wildman–Crippen MR) is 35.1 cm³/mol. The largest absolute Gasteiger partial charge is 0.495 e. The molecular weight excluding hydrogens is 118 g/mol. The van der Waals surface area contributed by atoms with Gasteiger partial charge in [-0.2, -0.15) is 0 Å². The van der Waals surface area contributed by atoms with Gasteiger partial charge in [0.15, 0.2) is 5.88 Å². The molecule has 3 nitrogen and oxygen atoms in total. The minimum Gasteiger partial charge on any atom is -0.495 e. The summed E-state index contributed by atoms with van der Waals surface area (Å²) >= 11 is 0. The van der Waals surface area contributed by atoms with Crippen molar-refractivity contribution in [2.24, 2.45) is 0 Å². The van der Waals surface area contributed by atoms with Crippen LogP contribution in [0.5, 0.6) is 0 Å². The molecule has 0 aliphatic rings. The van der Waals surface area contributed by atoms with Crippen molar-refractivity contribution in [1.29, 1.82) is 0 Å². The topological polar surface area (TPSA) is 49.3 Å². The SMILES string of the molecule is C/C=C(\O)NCC(C)=O. The van der Waals surface area contributed by atoms with E-state index in [9.17, 15) is 4.79 Å². The van der Waals surface area contributed by atoms with Crippen LogP contribution in [0.2, 0.25) is 0 Å². The predicted octanol–water partition coefficient (Wildman–Crippen LogP) is 0.584. The van der Waals surface area contributed by atoms with Gasteiger partial charge in [-0.1, -0.05) is 0 Å². The van der Waals surface area contributed by atoms with Gasteiger partial charge in [-0.3, -0.25) is 4.79 Å². The summed E-state index contributed by atoms with van der Waals surface area (Å²) in [6, 6.07) is 0. The Morgan fingerprint density at radius 1 is 1.78 bits per heavy atom. The Balaban J connectivity index is 3.39. The third-order valence-corrected chi connectivity index (χ3v) is 0.792. The lowest BCUT2D eigenvalue weighted by molar-refractivity contribution is -0.116. The first-order chi connectivity index (χ1) is 4.16. The highest BCUT2D eigenvalue weighted by atomic mass is 16.3. The van der Waals surface area contributed by atoms with Crippen LogP contribution >= 0.6 is 0 Å². The van der Waals surface area contributed by atoms with E-state index in [2.05, 4.69) is 5.32 Å². The normalized spacial score (nSPS) is 11.1. The molecular formula is C6H11NO2. The third kappa shape index (κ3) is 4.87. The van der Waals surface area contributed by atoms with E-state index in [1.165, 1.54) is 13.0 Å². The molecule has 0 spiro atoms. The minimum atomic E-state index is 0.00315. The Kier molecular flexibility index (Phi) is 3.51. The van der Waals surface area contributed by atoms with Crippen LogP contribution in [0.3, 0.4) is 0 Å². The first-order valence-corrected chi connectivity index (χ1v) is 2.75. The van der Waals surface area contributed by atoms with Gasteiger partial charge in [0.2, 0.25) is 0 Å². The smallest absolute Gasteiger partial charge is 0.180 e. The number of carbonyl (C=O) groups is 1. The van der Waals surface area contributed by atoms with Crippen LogP contribution in [0.15, 0.2) is 12.0 Å². The van der Waals surface area contributed by atoms with Gasteiger partial charge in [0.05, 0.1) is 6.54 Å². The molecule has 0 aromatic rings. The summed E-state index contributed by atoms with van der Waals surface area (Å²) in [6.45, 7) is 3.33. The molecule has 0 amide bonds. The number of hydrogen-bond acceptors (Lipinski definition) is 3. The molecule has 0 aromatic heterocycles. The van der Waals surface area contributed by atoms with Crippen molar-refractivity contribution in [3.63, 3.8) is 0 Å². The molecule has 0 heterocycles. The zero-order chi connectivity index (χ0) is 7.28. The van der Waals surface area contributed by atoms with Crippen LogP contribution in [0.25, 0.3) is 0 Å². The highest BCUT2D eigenvalue weighted by Crippen LogP contribution is 1.77. The molecule has 0 fully saturated rings. The molecule has 3 heteroatoms. The summed E-state index contributed by atoms with van der Waals surface area (Å²) in [6.07, 6.45) is 1.49. The van der Waals surface area contributed by atoms with Crippen molar-refractivity contribution < 1.29 is 9.90 Å². The number of ketones is 1. The molecule has 0 saturated heterocycles. The highest BCUT2D eigenvalue weighted by Gasteiger charge is 1.91. The number of nitrogens with one attached hydrogen (secondary N) is 1. The standard InChI is InChI=1S/C6H11NO2/c1-3-6(9)7-4-5(2)8/h3,7,9H,4H2,1-2H3/b6-3-. The van der Waals surface area contributed by atoms with Gasteiger partial charge >= 0.3 is 0 Å². The lowest BCUT2D eigenvalue weighted by Crippen LogP contribution is -2.19. The maximum absolute atomic E-state index is 10.3. The van der Waals surface area contributed by atoms with Crippen molar-refractivity contribution >= 4 is 5.78 Å². The van der Waals surface area contributed by atoms with Crippen LogP contribution in [-0.2, 0) is 4.79 Å². The van der Waals surface area contributed by atoms with Crippen LogP contribution in [0.4, 0.5) is 0 Å². The Morgan fingerprint density at radius 2 is 2.33 bits per heavy atom. The number of hydrogen-bond donors (Lipinski definition) is 2. The fourth-order valence-electron chi connectivity index (χ4n) is 0.317. The van der Waals surface area contributed by atoms with Crippen LogP contribution in [0, 0.1) is 0 Å². The van der Waals surface area contributed by atoms with Crippen molar-refractivity contribution in [1.82, 2.24) is 5.32 Å². The van der Waals surface area contributed by atoms with E-state index in [4.69, 9.17) is 5.11 Å². The summed E-state index contributed by atoms with van der Waals surface area (Å²) in [4.78, 5) is 10.3. The Labute approximate surface area is 54.4 Å². The van der Waals surface area contributed by atoms with E-state index < -0.39 is 0 Å². The molecule has 0 saturated carbocycles. The van der Waals surface area contributed by atoms with Gasteiger partial charge in [0, 0.05) is 0 Å². The van der Waals surface area contributed by atoms with E-state index in [0.29, 0.717) is 0 Å². The second-order valence-electron chi connectivity index (χ2n) is 1.73. The van der Waals surface area contributed by atoms with Crippen molar-refractivity contribution in [2.45, 2.75) is 13.8 Å². The zero-order valence-electron chi connectivity index (χ0n) is 5.64. The lowest BCUT2D eigenvalue weighted by atomic mass is 10.4. The summed E-state index contributed by atoms with van der Waals surface area (Å²) < 4.78 is 0. The van der Waals surface area contributed by atoms with E-state index in [1.807, 2.05) is 0 Å².